The molecule has 0 amide bonds. The Morgan fingerprint density at radius 3 is 1.87 bits per heavy atom. The first-order valence-corrected chi connectivity index (χ1v) is 18.4. The second-order valence-corrected chi connectivity index (χ2v) is 14.6. The molecule has 4 heterocycles. The van der Waals surface area contributed by atoms with E-state index in [4.69, 9.17) is 16.2 Å². The largest absolute Gasteiger partial charge is 0.494 e. The van der Waals surface area contributed by atoms with Gasteiger partial charge < -0.3 is 21.3 Å². The van der Waals surface area contributed by atoms with Crippen LogP contribution < -0.4 is 16.2 Å². The Balaban J connectivity index is 0.994. The van der Waals surface area contributed by atoms with Crippen molar-refractivity contribution < 1.29 is 14.6 Å². The van der Waals surface area contributed by atoms with Crippen molar-refractivity contribution in [1.82, 2.24) is 19.9 Å². The minimum Gasteiger partial charge on any atom is -0.494 e. The van der Waals surface area contributed by atoms with Gasteiger partial charge in [0.2, 0.25) is 0 Å². The number of carbonyl (C=O) groups is 1. The maximum Gasteiger partial charge on any atom is 0.303 e. The number of nitrogens with two attached hydrogens (primary N) is 2. The van der Waals surface area contributed by atoms with E-state index in [0.717, 1.165) is 98.2 Å². The molecular formula is C44H46N6O3. The molecule has 270 valence electrons. The highest BCUT2D eigenvalue weighted by atomic mass is 16.5. The number of nitrogen functional groups attached to an aromatic ring is 2. The molecule has 9 heteroatoms. The third-order valence-corrected chi connectivity index (χ3v) is 10.6. The number of rotatable bonds is 13. The summed E-state index contributed by atoms with van der Waals surface area (Å²) < 4.78 is 6.27. The van der Waals surface area contributed by atoms with Crippen LogP contribution in [0.3, 0.4) is 0 Å². The van der Waals surface area contributed by atoms with Gasteiger partial charge in [0.25, 0.3) is 0 Å². The maximum atomic E-state index is 11.7. The number of fused-ring (bicyclic) bond motifs is 6. The standard InChI is InChI=1S/C44H46N6O3/c1-25-5-13-34-36-21-29(23-47-41(36)43(45)49-38(34)17-25)7-9-31-11-12-33(19-27(31)3)53-16-15-32(28(4)20-40(51)52)10-8-30-22-37-35-14-6-26(2)18-39(35)50-44(46)42(37)48-24-30/h5-6,11-14,17-19,21-24,28,32H,7-10,15-16,20H2,1-4H3,(H2,45,49)(H2,46,50)(H,51,52). The van der Waals surface area contributed by atoms with E-state index in [1.165, 1.54) is 11.1 Å². The van der Waals surface area contributed by atoms with Crippen LogP contribution in [0.15, 0.2) is 79.1 Å². The van der Waals surface area contributed by atoms with Crippen LogP contribution >= 0.6 is 0 Å². The number of pyridine rings is 4. The average molecular weight is 707 g/mol. The van der Waals surface area contributed by atoms with E-state index in [1.807, 2.05) is 38.4 Å². The second kappa shape index (κ2) is 15.0. The summed E-state index contributed by atoms with van der Waals surface area (Å²) >= 11 is 0. The monoisotopic (exact) mass is 706 g/mol. The lowest BCUT2D eigenvalue weighted by atomic mass is 9.84. The van der Waals surface area contributed by atoms with Crippen LogP contribution in [-0.2, 0) is 24.1 Å². The molecule has 2 atom stereocenters. The highest BCUT2D eigenvalue weighted by Gasteiger charge is 2.21. The molecule has 0 spiro atoms. The summed E-state index contributed by atoms with van der Waals surface area (Å²) in [4.78, 5) is 30.2. The third kappa shape index (κ3) is 7.84. The zero-order chi connectivity index (χ0) is 37.2. The Hall–Kier alpha value is -5.83. The van der Waals surface area contributed by atoms with Crippen molar-refractivity contribution in [3.05, 3.63) is 113 Å². The number of ether oxygens (including phenoxy) is 1. The van der Waals surface area contributed by atoms with E-state index in [-0.39, 0.29) is 18.3 Å². The van der Waals surface area contributed by atoms with Crippen molar-refractivity contribution in [3.8, 4) is 5.75 Å². The van der Waals surface area contributed by atoms with Crippen LogP contribution in [0.25, 0.3) is 43.6 Å². The number of aryl methyl sites for hydroxylation is 6. The molecule has 0 saturated carbocycles. The molecule has 4 aromatic heterocycles. The van der Waals surface area contributed by atoms with E-state index in [1.54, 1.807) is 0 Å². The molecule has 5 N–H and O–H groups in total. The first kappa shape index (κ1) is 35.6. The van der Waals surface area contributed by atoms with Gasteiger partial charge in [-0.3, -0.25) is 14.8 Å². The molecule has 2 unspecified atom stereocenters. The highest BCUT2D eigenvalue weighted by molar-refractivity contribution is 6.09. The molecule has 0 aliphatic carbocycles. The second-order valence-electron chi connectivity index (χ2n) is 14.6. The fraction of sp³-hybridized carbons (Fsp3) is 0.295. The van der Waals surface area contributed by atoms with E-state index in [9.17, 15) is 9.90 Å². The molecule has 3 aromatic carbocycles. The van der Waals surface area contributed by atoms with Gasteiger partial charge in [-0.15, -0.1) is 0 Å². The van der Waals surface area contributed by atoms with E-state index in [0.29, 0.717) is 23.8 Å². The smallest absolute Gasteiger partial charge is 0.303 e. The Morgan fingerprint density at radius 1 is 0.717 bits per heavy atom. The predicted molar refractivity (Wildman–Crippen MR) is 214 cm³/mol. The summed E-state index contributed by atoms with van der Waals surface area (Å²) in [6, 6.07) is 23.1. The number of carboxylic acid groups (broad SMARTS) is 1. The molecule has 7 rings (SSSR count). The fourth-order valence-corrected chi connectivity index (χ4v) is 7.55. The van der Waals surface area contributed by atoms with Crippen molar-refractivity contribution in [1.29, 1.82) is 0 Å². The zero-order valence-electron chi connectivity index (χ0n) is 30.8. The van der Waals surface area contributed by atoms with Crippen LogP contribution in [0.5, 0.6) is 5.75 Å². The highest BCUT2D eigenvalue weighted by Crippen LogP contribution is 2.31. The molecule has 7 aromatic rings. The predicted octanol–water partition coefficient (Wildman–Crippen LogP) is 8.88. The fourth-order valence-electron chi connectivity index (χ4n) is 7.55. The number of hydrogen-bond donors (Lipinski definition) is 3. The van der Waals surface area contributed by atoms with Gasteiger partial charge in [0.15, 0.2) is 11.6 Å². The van der Waals surface area contributed by atoms with Crippen LogP contribution in [-0.4, -0.2) is 37.6 Å². The van der Waals surface area contributed by atoms with Crippen molar-refractivity contribution in [3.63, 3.8) is 0 Å². The van der Waals surface area contributed by atoms with Crippen LogP contribution in [0, 0.1) is 32.6 Å². The van der Waals surface area contributed by atoms with E-state index >= 15 is 0 Å². The molecule has 0 fully saturated rings. The van der Waals surface area contributed by atoms with Gasteiger partial charge in [-0.1, -0.05) is 37.3 Å². The van der Waals surface area contributed by atoms with Crippen molar-refractivity contribution in [2.45, 2.75) is 66.2 Å². The minimum absolute atomic E-state index is 0.00307. The van der Waals surface area contributed by atoms with Crippen molar-refractivity contribution >= 4 is 61.2 Å². The van der Waals surface area contributed by atoms with Gasteiger partial charge in [0, 0.05) is 40.4 Å². The van der Waals surface area contributed by atoms with Crippen molar-refractivity contribution in [2.24, 2.45) is 11.8 Å². The van der Waals surface area contributed by atoms with Crippen LogP contribution in [0.4, 0.5) is 11.6 Å². The molecule has 0 saturated heterocycles. The Kier molecular flexibility index (Phi) is 10.1. The maximum absolute atomic E-state index is 11.7. The number of aliphatic carboxylic acids is 1. The SMILES string of the molecule is Cc1ccc2c(c1)nc(N)c1ncc(CCc3ccc(OCCC(CCc4cnc5c(N)nc6cc(C)ccc6c5c4)C(C)CC(=O)O)cc3C)cc12. The number of carboxylic acids is 1. The van der Waals surface area contributed by atoms with Crippen molar-refractivity contribution in [2.75, 3.05) is 18.1 Å². The molecular weight excluding hydrogens is 661 g/mol. The summed E-state index contributed by atoms with van der Waals surface area (Å²) in [6.07, 6.45) is 7.94. The quantitative estimate of drug-likeness (QED) is 0.0999. The van der Waals surface area contributed by atoms with Crippen LogP contribution in [0.1, 0.15) is 59.6 Å². The average Bonchev–Trinajstić information content (AvgIpc) is 3.12. The van der Waals surface area contributed by atoms with E-state index < -0.39 is 5.97 Å². The van der Waals surface area contributed by atoms with E-state index in [2.05, 4.69) is 88.4 Å². The zero-order valence-corrected chi connectivity index (χ0v) is 30.8. The lowest BCUT2D eigenvalue weighted by Gasteiger charge is -2.23. The summed E-state index contributed by atoms with van der Waals surface area (Å²) in [7, 11) is 0. The topological polar surface area (TPSA) is 150 Å². The molecule has 0 aliphatic heterocycles. The van der Waals surface area contributed by atoms with Gasteiger partial charge in [-0.2, -0.15) is 0 Å². The molecule has 0 bridgehead atoms. The lowest BCUT2D eigenvalue weighted by molar-refractivity contribution is -0.138. The number of anilines is 2. The van der Waals surface area contributed by atoms with Gasteiger partial charge >= 0.3 is 5.97 Å². The number of benzene rings is 3. The summed E-state index contributed by atoms with van der Waals surface area (Å²) in [5, 5.41) is 13.7. The normalized spacial score (nSPS) is 12.8. The minimum atomic E-state index is -0.782. The van der Waals surface area contributed by atoms with Gasteiger partial charge in [0.1, 0.15) is 16.8 Å². The molecule has 0 aliphatic rings. The summed E-state index contributed by atoms with van der Waals surface area (Å²) in [5.41, 5.74) is 22.7. The number of hydrogen-bond acceptors (Lipinski definition) is 8. The van der Waals surface area contributed by atoms with Gasteiger partial charge in [0.05, 0.1) is 17.6 Å². The number of aromatic nitrogens is 4. The lowest BCUT2D eigenvalue weighted by Crippen LogP contribution is -2.19. The Labute approximate surface area is 309 Å². The third-order valence-electron chi connectivity index (χ3n) is 10.6. The number of nitrogens with zero attached hydrogens (tertiary/aromatic N) is 4. The molecule has 9 nitrogen and oxygen atoms in total. The summed E-state index contributed by atoms with van der Waals surface area (Å²) in [6.45, 7) is 8.74. The molecule has 0 radical (unpaired) electrons. The summed E-state index contributed by atoms with van der Waals surface area (Å²) in [5.74, 6) is 1.07. The van der Waals surface area contributed by atoms with Crippen LogP contribution in [0.2, 0.25) is 0 Å². The van der Waals surface area contributed by atoms with Gasteiger partial charge in [-0.25, -0.2) is 9.97 Å². The van der Waals surface area contributed by atoms with Gasteiger partial charge in [-0.05, 0) is 134 Å². The first-order valence-electron chi connectivity index (χ1n) is 18.4. The molecule has 53 heavy (non-hydrogen) atoms. The Morgan fingerprint density at radius 2 is 1.30 bits per heavy atom. The Bertz CT molecular complexity index is 2500. The first-order chi connectivity index (χ1) is 25.5.